The molecule has 0 atom stereocenters. The number of hydrogen-bond donors (Lipinski definition) is 1. The van der Waals surface area contributed by atoms with Gasteiger partial charge in [-0.3, -0.25) is 4.79 Å². The van der Waals surface area contributed by atoms with Crippen molar-refractivity contribution >= 4 is 34.3 Å². The van der Waals surface area contributed by atoms with E-state index in [1.165, 1.54) is 6.33 Å². The highest BCUT2D eigenvalue weighted by molar-refractivity contribution is 7.99. The maximum atomic E-state index is 12.4. The van der Waals surface area contributed by atoms with Gasteiger partial charge in [0.1, 0.15) is 6.33 Å². The standard InChI is InChI=1S/C22H17N3O2S/c26-21(14-27-22-17-10-4-5-11-18(17)23-15-24-22)25-19-12-6-7-13-20(19)28-16-8-2-1-3-9-16/h1-13,15H,14H2,(H,25,26). The molecule has 4 aromatic rings. The summed E-state index contributed by atoms with van der Waals surface area (Å²) < 4.78 is 5.64. The van der Waals surface area contributed by atoms with Crippen LogP contribution in [0.15, 0.2) is 95.0 Å². The lowest BCUT2D eigenvalue weighted by molar-refractivity contribution is -0.118. The van der Waals surface area contributed by atoms with Crippen LogP contribution in [0.1, 0.15) is 0 Å². The van der Waals surface area contributed by atoms with E-state index in [0.29, 0.717) is 5.88 Å². The summed E-state index contributed by atoms with van der Waals surface area (Å²) in [6.07, 6.45) is 1.43. The lowest BCUT2D eigenvalue weighted by Gasteiger charge is -2.11. The van der Waals surface area contributed by atoms with Crippen LogP contribution in [-0.2, 0) is 4.79 Å². The van der Waals surface area contributed by atoms with E-state index in [-0.39, 0.29) is 12.5 Å². The summed E-state index contributed by atoms with van der Waals surface area (Å²) in [6, 6.07) is 25.2. The summed E-state index contributed by atoms with van der Waals surface area (Å²) in [5.74, 6) is 0.150. The second kappa shape index (κ2) is 8.54. The number of carbonyl (C=O) groups is 1. The van der Waals surface area contributed by atoms with Crippen LogP contribution in [0, 0.1) is 0 Å². The minimum Gasteiger partial charge on any atom is -0.467 e. The molecule has 0 bridgehead atoms. The first-order chi connectivity index (χ1) is 13.8. The van der Waals surface area contributed by atoms with Crippen molar-refractivity contribution in [2.24, 2.45) is 0 Å². The molecule has 1 aromatic heterocycles. The Morgan fingerprint density at radius 3 is 2.54 bits per heavy atom. The molecule has 0 radical (unpaired) electrons. The quantitative estimate of drug-likeness (QED) is 0.515. The Labute approximate surface area is 166 Å². The van der Waals surface area contributed by atoms with Gasteiger partial charge >= 0.3 is 0 Å². The number of hydrogen-bond acceptors (Lipinski definition) is 5. The first-order valence-electron chi connectivity index (χ1n) is 8.74. The molecule has 0 unspecified atom stereocenters. The molecule has 28 heavy (non-hydrogen) atoms. The highest BCUT2D eigenvalue weighted by Gasteiger charge is 2.10. The molecule has 6 heteroatoms. The van der Waals surface area contributed by atoms with Crippen molar-refractivity contribution < 1.29 is 9.53 Å². The Balaban J connectivity index is 1.44. The Morgan fingerprint density at radius 2 is 1.64 bits per heavy atom. The molecule has 1 N–H and O–H groups in total. The number of anilines is 1. The number of amides is 1. The van der Waals surface area contributed by atoms with Gasteiger partial charge in [0.2, 0.25) is 5.88 Å². The van der Waals surface area contributed by atoms with Crippen LogP contribution < -0.4 is 10.1 Å². The second-order valence-electron chi connectivity index (χ2n) is 5.94. The summed E-state index contributed by atoms with van der Waals surface area (Å²) in [4.78, 5) is 22.8. The van der Waals surface area contributed by atoms with E-state index < -0.39 is 0 Å². The van der Waals surface area contributed by atoms with Gasteiger partial charge in [-0.2, -0.15) is 0 Å². The largest absolute Gasteiger partial charge is 0.467 e. The molecule has 0 saturated heterocycles. The van der Waals surface area contributed by atoms with Crippen LogP contribution in [-0.4, -0.2) is 22.5 Å². The average molecular weight is 387 g/mol. The minimum absolute atomic E-state index is 0.134. The fourth-order valence-electron chi connectivity index (χ4n) is 2.69. The number of fused-ring (bicyclic) bond motifs is 1. The van der Waals surface area contributed by atoms with E-state index in [2.05, 4.69) is 15.3 Å². The van der Waals surface area contributed by atoms with Crippen LogP contribution in [0.25, 0.3) is 10.9 Å². The maximum Gasteiger partial charge on any atom is 0.262 e. The molecular weight excluding hydrogens is 370 g/mol. The summed E-state index contributed by atoms with van der Waals surface area (Å²) >= 11 is 1.60. The molecule has 4 rings (SSSR count). The van der Waals surface area contributed by atoms with Gasteiger partial charge < -0.3 is 10.1 Å². The molecule has 5 nitrogen and oxygen atoms in total. The van der Waals surface area contributed by atoms with Crippen molar-refractivity contribution in [3.63, 3.8) is 0 Å². The third-order valence-corrected chi connectivity index (χ3v) is 5.06. The number of aromatic nitrogens is 2. The fourth-order valence-corrected chi connectivity index (χ4v) is 3.61. The molecule has 0 fully saturated rings. The molecule has 1 amide bonds. The van der Waals surface area contributed by atoms with Crippen molar-refractivity contribution in [1.29, 1.82) is 0 Å². The van der Waals surface area contributed by atoms with Gasteiger partial charge in [-0.05, 0) is 36.4 Å². The van der Waals surface area contributed by atoms with Crippen molar-refractivity contribution in [3.05, 3.63) is 85.2 Å². The molecule has 3 aromatic carbocycles. The van der Waals surface area contributed by atoms with E-state index in [1.54, 1.807) is 11.8 Å². The van der Waals surface area contributed by atoms with E-state index in [0.717, 1.165) is 26.4 Å². The summed E-state index contributed by atoms with van der Waals surface area (Å²) in [6.45, 7) is -0.134. The Hall–Kier alpha value is -3.38. The Kier molecular flexibility index (Phi) is 5.49. The lowest BCUT2D eigenvalue weighted by Crippen LogP contribution is -2.21. The number of para-hydroxylation sites is 2. The summed E-state index contributed by atoms with van der Waals surface area (Å²) in [5, 5.41) is 3.70. The molecule has 0 spiro atoms. The SMILES string of the molecule is O=C(COc1ncnc2ccccc12)Nc1ccccc1Sc1ccccc1. The number of nitrogens with zero attached hydrogens (tertiary/aromatic N) is 2. The average Bonchev–Trinajstić information content (AvgIpc) is 2.74. The predicted octanol–water partition coefficient (Wildman–Crippen LogP) is 4.80. The van der Waals surface area contributed by atoms with Crippen molar-refractivity contribution in [2.45, 2.75) is 9.79 Å². The highest BCUT2D eigenvalue weighted by atomic mass is 32.2. The van der Waals surface area contributed by atoms with Crippen molar-refractivity contribution in [2.75, 3.05) is 11.9 Å². The monoisotopic (exact) mass is 387 g/mol. The van der Waals surface area contributed by atoms with Crippen molar-refractivity contribution in [3.8, 4) is 5.88 Å². The third-order valence-electron chi connectivity index (χ3n) is 3.98. The first kappa shape index (κ1) is 18.0. The fraction of sp³-hybridized carbons (Fsp3) is 0.0455. The predicted molar refractivity (Wildman–Crippen MR) is 111 cm³/mol. The Bertz CT molecular complexity index is 1100. The normalized spacial score (nSPS) is 10.6. The molecule has 0 aliphatic carbocycles. The van der Waals surface area contributed by atoms with Gasteiger partial charge in [0.05, 0.1) is 16.6 Å². The van der Waals surface area contributed by atoms with Crippen LogP contribution in [0.2, 0.25) is 0 Å². The third kappa shape index (κ3) is 4.29. The molecule has 1 heterocycles. The van der Waals surface area contributed by atoms with Gasteiger partial charge in [0.15, 0.2) is 6.61 Å². The van der Waals surface area contributed by atoms with Crippen LogP contribution in [0.4, 0.5) is 5.69 Å². The lowest BCUT2D eigenvalue weighted by atomic mass is 10.2. The molecule has 0 saturated carbocycles. The topological polar surface area (TPSA) is 64.1 Å². The number of nitrogens with one attached hydrogen (secondary N) is 1. The molecule has 138 valence electrons. The van der Waals surface area contributed by atoms with Gasteiger partial charge in [-0.25, -0.2) is 9.97 Å². The molecular formula is C22H17N3O2S. The minimum atomic E-state index is -0.246. The van der Waals surface area contributed by atoms with E-state index >= 15 is 0 Å². The van der Waals surface area contributed by atoms with E-state index in [9.17, 15) is 4.79 Å². The summed E-state index contributed by atoms with van der Waals surface area (Å²) in [5.41, 5.74) is 1.52. The number of carbonyl (C=O) groups excluding carboxylic acids is 1. The van der Waals surface area contributed by atoms with Crippen LogP contribution >= 0.6 is 11.8 Å². The highest BCUT2D eigenvalue weighted by Crippen LogP contribution is 2.33. The zero-order chi connectivity index (χ0) is 19.2. The molecule has 0 aliphatic heterocycles. The smallest absolute Gasteiger partial charge is 0.262 e. The Morgan fingerprint density at radius 1 is 0.893 bits per heavy atom. The van der Waals surface area contributed by atoms with Gasteiger partial charge in [-0.15, -0.1) is 0 Å². The van der Waals surface area contributed by atoms with E-state index in [4.69, 9.17) is 4.74 Å². The zero-order valence-corrected chi connectivity index (χ0v) is 15.7. The summed E-state index contributed by atoms with van der Waals surface area (Å²) in [7, 11) is 0. The number of ether oxygens (including phenoxy) is 1. The van der Waals surface area contributed by atoms with Gasteiger partial charge in [-0.1, -0.05) is 54.2 Å². The van der Waals surface area contributed by atoms with Gasteiger partial charge in [0, 0.05) is 9.79 Å². The molecule has 0 aliphatic rings. The number of rotatable bonds is 6. The van der Waals surface area contributed by atoms with Gasteiger partial charge in [0.25, 0.3) is 5.91 Å². The number of benzene rings is 3. The van der Waals surface area contributed by atoms with E-state index in [1.807, 2.05) is 78.9 Å². The van der Waals surface area contributed by atoms with Crippen LogP contribution in [0.3, 0.4) is 0 Å². The van der Waals surface area contributed by atoms with Crippen molar-refractivity contribution in [1.82, 2.24) is 9.97 Å². The zero-order valence-electron chi connectivity index (χ0n) is 14.9. The van der Waals surface area contributed by atoms with Crippen LogP contribution in [0.5, 0.6) is 5.88 Å². The maximum absolute atomic E-state index is 12.4. The first-order valence-corrected chi connectivity index (χ1v) is 9.55. The second-order valence-corrected chi connectivity index (χ2v) is 7.06.